The van der Waals surface area contributed by atoms with E-state index in [-0.39, 0.29) is 11.6 Å². The quantitative estimate of drug-likeness (QED) is 0.864. The average molecular weight is 317 g/mol. The molecule has 22 heavy (non-hydrogen) atoms. The van der Waals surface area contributed by atoms with E-state index in [2.05, 4.69) is 5.32 Å². The van der Waals surface area contributed by atoms with Crippen LogP contribution >= 0.6 is 0 Å². The molecule has 3 rings (SSSR count). The predicted molar refractivity (Wildman–Crippen MR) is 73.4 cm³/mol. The molecule has 4 nitrogen and oxygen atoms in total. The van der Waals surface area contributed by atoms with Gasteiger partial charge in [-0.15, -0.1) is 0 Å². The molecule has 1 aliphatic rings. The van der Waals surface area contributed by atoms with Crippen LogP contribution in [0, 0.1) is 5.82 Å². The number of piperidine rings is 1. The number of alkyl halides is 3. The molecule has 0 unspecified atom stereocenters. The highest BCUT2D eigenvalue weighted by Gasteiger charge is 2.32. The van der Waals surface area contributed by atoms with Gasteiger partial charge in [-0.25, -0.2) is 9.18 Å². The fourth-order valence-corrected chi connectivity index (χ4v) is 3.00. The molecule has 1 aromatic heterocycles. The minimum absolute atomic E-state index is 0.0131. The summed E-state index contributed by atoms with van der Waals surface area (Å²) in [6.07, 6.45) is -3.23. The van der Waals surface area contributed by atoms with Crippen molar-refractivity contribution in [2.75, 3.05) is 13.1 Å². The smallest absolute Gasteiger partial charge is 0.317 e. The highest BCUT2D eigenvalue weighted by molar-refractivity contribution is 5.76. The van der Waals surface area contributed by atoms with E-state index in [4.69, 9.17) is 0 Å². The molecule has 2 aromatic rings. The normalized spacial score (nSPS) is 17.3. The molecule has 120 valence electrons. The number of imidazole rings is 1. The van der Waals surface area contributed by atoms with Crippen molar-refractivity contribution in [1.82, 2.24) is 14.5 Å². The highest BCUT2D eigenvalue weighted by atomic mass is 19.4. The van der Waals surface area contributed by atoms with Crippen LogP contribution in [0.4, 0.5) is 17.6 Å². The van der Waals surface area contributed by atoms with Gasteiger partial charge < -0.3 is 5.32 Å². The summed E-state index contributed by atoms with van der Waals surface area (Å²) in [7, 11) is 0. The van der Waals surface area contributed by atoms with Crippen molar-refractivity contribution in [2.24, 2.45) is 0 Å². The Hall–Kier alpha value is -1.83. The third-order valence-corrected chi connectivity index (χ3v) is 3.94. The van der Waals surface area contributed by atoms with Crippen molar-refractivity contribution in [3.05, 3.63) is 34.5 Å². The SMILES string of the molecule is O=c1n(CC(F)(F)F)c2cc(F)ccc2n1C1CCNCC1. The maximum atomic E-state index is 13.4. The standard InChI is InChI=1S/C14H15F4N3O/c15-9-1-2-11-12(7-9)20(8-14(16,17)18)13(22)21(11)10-3-5-19-6-4-10/h1-2,7,10,19H,3-6,8H2. The number of fused-ring (bicyclic) bond motifs is 1. The van der Waals surface area contributed by atoms with Crippen LogP contribution in [0.15, 0.2) is 23.0 Å². The molecule has 0 saturated carbocycles. The highest BCUT2D eigenvalue weighted by Crippen LogP contribution is 2.26. The van der Waals surface area contributed by atoms with Crippen molar-refractivity contribution >= 4 is 11.0 Å². The second-order valence-electron chi connectivity index (χ2n) is 5.47. The van der Waals surface area contributed by atoms with E-state index in [0.717, 1.165) is 12.1 Å². The van der Waals surface area contributed by atoms with Crippen LogP contribution in [-0.4, -0.2) is 28.4 Å². The van der Waals surface area contributed by atoms with E-state index in [1.54, 1.807) is 0 Å². The zero-order valence-corrected chi connectivity index (χ0v) is 11.7. The number of nitrogens with one attached hydrogen (secondary N) is 1. The molecule has 1 fully saturated rings. The first-order chi connectivity index (χ1) is 10.4. The second kappa shape index (κ2) is 5.42. The molecule has 1 saturated heterocycles. The predicted octanol–water partition coefficient (Wildman–Crippen LogP) is 2.43. The van der Waals surface area contributed by atoms with Crippen LogP contribution in [0.2, 0.25) is 0 Å². The van der Waals surface area contributed by atoms with Gasteiger partial charge in [0.25, 0.3) is 0 Å². The number of nitrogens with zero attached hydrogens (tertiary/aromatic N) is 2. The summed E-state index contributed by atoms with van der Waals surface area (Å²) >= 11 is 0. The van der Waals surface area contributed by atoms with Crippen LogP contribution in [0.1, 0.15) is 18.9 Å². The molecule has 1 aliphatic heterocycles. The maximum absolute atomic E-state index is 13.4. The first kappa shape index (κ1) is 15.1. The van der Waals surface area contributed by atoms with Gasteiger partial charge in [0.05, 0.1) is 11.0 Å². The molecule has 1 aromatic carbocycles. The fourth-order valence-electron chi connectivity index (χ4n) is 3.00. The third kappa shape index (κ3) is 2.75. The van der Waals surface area contributed by atoms with Crippen molar-refractivity contribution in [1.29, 1.82) is 0 Å². The van der Waals surface area contributed by atoms with Gasteiger partial charge >= 0.3 is 11.9 Å². The van der Waals surface area contributed by atoms with Crippen LogP contribution in [0.5, 0.6) is 0 Å². The molecule has 0 aliphatic carbocycles. The molecule has 0 radical (unpaired) electrons. The fraction of sp³-hybridized carbons (Fsp3) is 0.500. The van der Waals surface area contributed by atoms with Crippen LogP contribution < -0.4 is 11.0 Å². The Morgan fingerprint density at radius 2 is 1.86 bits per heavy atom. The van der Waals surface area contributed by atoms with E-state index in [9.17, 15) is 22.4 Å². The summed E-state index contributed by atoms with van der Waals surface area (Å²) in [5.41, 5.74) is -0.395. The summed E-state index contributed by atoms with van der Waals surface area (Å²) < 4.78 is 53.6. The van der Waals surface area contributed by atoms with Crippen LogP contribution in [-0.2, 0) is 6.54 Å². The van der Waals surface area contributed by atoms with Gasteiger partial charge in [0, 0.05) is 6.04 Å². The number of hydrogen-bond acceptors (Lipinski definition) is 2. The maximum Gasteiger partial charge on any atom is 0.406 e. The van der Waals surface area contributed by atoms with Gasteiger partial charge in [-0.3, -0.25) is 9.13 Å². The van der Waals surface area contributed by atoms with Gasteiger partial charge in [0.1, 0.15) is 12.4 Å². The molecule has 2 heterocycles. The summed E-state index contributed by atoms with van der Waals surface area (Å²) in [5, 5.41) is 3.14. The average Bonchev–Trinajstić information content (AvgIpc) is 2.71. The number of rotatable bonds is 2. The number of halogens is 4. The van der Waals surface area contributed by atoms with Gasteiger partial charge in [-0.2, -0.15) is 13.2 Å². The zero-order valence-electron chi connectivity index (χ0n) is 11.7. The molecule has 0 spiro atoms. The summed E-state index contributed by atoms with van der Waals surface area (Å²) in [6, 6.07) is 3.36. The Morgan fingerprint density at radius 1 is 1.18 bits per heavy atom. The number of aromatic nitrogens is 2. The number of hydrogen-bond donors (Lipinski definition) is 1. The Balaban J connectivity index is 2.19. The summed E-state index contributed by atoms with van der Waals surface area (Å²) in [5.74, 6) is -0.661. The van der Waals surface area contributed by atoms with E-state index < -0.39 is 24.2 Å². The largest absolute Gasteiger partial charge is 0.406 e. The first-order valence-electron chi connectivity index (χ1n) is 7.04. The Kier molecular flexibility index (Phi) is 3.72. The van der Waals surface area contributed by atoms with Crippen molar-refractivity contribution in [3.8, 4) is 0 Å². The van der Waals surface area contributed by atoms with Gasteiger partial charge in [0.15, 0.2) is 0 Å². The van der Waals surface area contributed by atoms with Gasteiger partial charge in [-0.05, 0) is 44.1 Å². The minimum Gasteiger partial charge on any atom is -0.317 e. The molecule has 0 amide bonds. The summed E-state index contributed by atoms with van der Waals surface area (Å²) in [6.45, 7) is -0.0156. The van der Waals surface area contributed by atoms with E-state index in [1.165, 1.54) is 10.6 Å². The third-order valence-electron chi connectivity index (χ3n) is 3.94. The van der Waals surface area contributed by atoms with E-state index >= 15 is 0 Å². The van der Waals surface area contributed by atoms with Crippen molar-refractivity contribution < 1.29 is 17.6 Å². The van der Waals surface area contributed by atoms with Crippen molar-refractivity contribution in [2.45, 2.75) is 31.6 Å². The lowest BCUT2D eigenvalue weighted by Gasteiger charge is -2.23. The Labute approximate surface area is 123 Å². The lowest BCUT2D eigenvalue weighted by Crippen LogP contribution is -2.36. The Bertz CT molecular complexity index is 741. The molecular formula is C14H15F4N3O. The van der Waals surface area contributed by atoms with E-state index in [0.29, 0.717) is 36.0 Å². The molecule has 1 N–H and O–H groups in total. The lowest BCUT2D eigenvalue weighted by atomic mass is 10.1. The lowest BCUT2D eigenvalue weighted by molar-refractivity contribution is -0.140. The van der Waals surface area contributed by atoms with Gasteiger partial charge in [0.2, 0.25) is 0 Å². The van der Waals surface area contributed by atoms with Gasteiger partial charge in [-0.1, -0.05) is 0 Å². The molecule has 0 atom stereocenters. The van der Waals surface area contributed by atoms with Crippen LogP contribution in [0.3, 0.4) is 0 Å². The minimum atomic E-state index is -4.54. The second-order valence-corrected chi connectivity index (χ2v) is 5.47. The molecular weight excluding hydrogens is 302 g/mol. The first-order valence-corrected chi connectivity index (χ1v) is 7.04. The number of benzene rings is 1. The Morgan fingerprint density at radius 3 is 2.50 bits per heavy atom. The topological polar surface area (TPSA) is 39.0 Å². The summed E-state index contributed by atoms with van der Waals surface area (Å²) in [4.78, 5) is 12.5. The van der Waals surface area contributed by atoms with E-state index in [1.807, 2.05) is 0 Å². The monoisotopic (exact) mass is 317 g/mol. The van der Waals surface area contributed by atoms with Crippen LogP contribution in [0.25, 0.3) is 11.0 Å². The zero-order chi connectivity index (χ0) is 15.9. The van der Waals surface area contributed by atoms with Crippen molar-refractivity contribution in [3.63, 3.8) is 0 Å². The molecule has 0 bridgehead atoms. The molecule has 8 heteroatoms.